The fourth-order valence-electron chi connectivity index (χ4n) is 3.40. The summed E-state index contributed by atoms with van der Waals surface area (Å²) in [7, 11) is 0. The minimum Gasteiger partial charge on any atom is -0.466 e. The molecule has 0 amide bonds. The summed E-state index contributed by atoms with van der Waals surface area (Å²) >= 11 is 0. The summed E-state index contributed by atoms with van der Waals surface area (Å²) in [6.45, 7) is 17.7. The minimum absolute atomic E-state index is 0.0384. The van der Waals surface area contributed by atoms with Crippen LogP contribution in [0.25, 0.3) is 0 Å². The van der Waals surface area contributed by atoms with Crippen molar-refractivity contribution in [1.82, 2.24) is 15.1 Å². The first-order chi connectivity index (χ1) is 11.9. The Morgan fingerprint density at radius 3 is 2.28 bits per heavy atom. The lowest BCUT2D eigenvalue weighted by atomic mass is 9.97. The average molecular weight is 355 g/mol. The van der Waals surface area contributed by atoms with Gasteiger partial charge in [-0.3, -0.25) is 14.7 Å². The standard InChI is InChI=1S/C19H38N4O2/c1-7-20-19(21-11-14-23(15(3)4)16(5)6)22-12-9-17(10-13-22)18(24)25-8-2/h15-17H,7-14H2,1-6H3,(H,20,21). The van der Waals surface area contributed by atoms with Crippen LogP contribution in [0.2, 0.25) is 0 Å². The molecule has 6 heteroatoms. The van der Waals surface area contributed by atoms with Gasteiger partial charge in [0, 0.05) is 38.3 Å². The Morgan fingerprint density at radius 1 is 1.20 bits per heavy atom. The molecule has 0 radical (unpaired) electrons. The number of rotatable bonds is 8. The molecule has 0 aromatic rings. The van der Waals surface area contributed by atoms with Gasteiger partial charge in [0.1, 0.15) is 0 Å². The lowest BCUT2D eigenvalue weighted by Gasteiger charge is -2.34. The molecule has 25 heavy (non-hydrogen) atoms. The van der Waals surface area contributed by atoms with Crippen LogP contribution in [0.15, 0.2) is 4.99 Å². The number of hydrogen-bond donors (Lipinski definition) is 1. The van der Waals surface area contributed by atoms with Gasteiger partial charge in [-0.25, -0.2) is 0 Å². The second kappa shape index (κ2) is 11.3. The zero-order valence-corrected chi connectivity index (χ0v) is 17.0. The molecule has 1 N–H and O–H groups in total. The van der Waals surface area contributed by atoms with Crippen LogP contribution >= 0.6 is 0 Å². The predicted octanol–water partition coefficient (Wildman–Crippen LogP) is 2.35. The van der Waals surface area contributed by atoms with E-state index in [9.17, 15) is 4.79 Å². The Hall–Kier alpha value is -1.30. The van der Waals surface area contributed by atoms with Crippen LogP contribution in [0.4, 0.5) is 0 Å². The molecule has 1 heterocycles. The fraction of sp³-hybridized carbons (Fsp3) is 0.895. The largest absolute Gasteiger partial charge is 0.466 e. The van der Waals surface area contributed by atoms with E-state index in [1.165, 1.54) is 0 Å². The van der Waals surface area contributed by atoms with Crippen molar-refractivity contribution in [3.63, 3.8) is 0 Å². The van der Waals surface area contributed by atoms with E-state index in [1.807, 2.05) is 6.92 Å². The molecule has 0 atom stereocenters. The number of hydrogen-bond acceptors (Lipinski definition) is 4. The maximum Gasteiger partial charge on any atom is 0.309 e. The highest BCUT2D eigenvalue weighted by Gasteiger charge is 2.27. The predicted molar refractivity (Wildman–Crippen MR) is 104 cm³/mol. The van der Waals surface area contributed by atoms with Crippen LogP contribution in [0.5, 0.6) is 0 Å². The van der Waals surface area contributed by atoms with Crippen LogP contribution in [-0.4, -0.2) is 73.1 Å². The van der Waals surface area contributed by atoms with Gasteiger partial charge in [0.05, 0.1) is 19.1 Å². The average Bonchev–Trinajstić information content (AvgIpc) is 2.57. The van der Waals surface area contributed by atoms with E-state index in [0.717, 1.165) is 51.5 Å². The highest BCUT2D eigenvalue weighted by atomic mass is 16.5. The van der Waals surface area contributed by atoms with E-state index in [-0.39, 0.29) is 11.9 Å². The monoisotopic (exact) mass is 354 g/mol. The Balaban J connectivity index is 2.57. The molecule has 0 spiro atoms. The summed E-state index contributed by atoms with van der Waals surface area (Å²) < 4.78 is 5.15. The molecular weight excluding hydrogens is 316 g/mol. The topological polar surface area (TPSA) is 57.2 Å². The summed E-state index contributed by atoms with van der Waals surface area (Å²) in [6.07, 6.45) is 1.68. The number of carbonyl (C=O) groups is 1. The number of carbonyl (C=O) groups excluding carboxylic acids is 1. The summed E-state index contributed by atoms with van der Waals surface area (Å²) in [4.78, 5) is 21.4. The van der Waals surface area contributed by atoms with Gasteiger partial charge in [-0.1, -0.05) is 0 Å². The van der Waals surface area contributed by atoms with E-state index in [1.54, 1.807) is 0 Å². The van der Waals surface area contributed by atoms with Crippen LogP contribution in [0, 0.1) is 5.92 Å². The van der Waals surface area contributed by atoms with Gasteiger partial charge < -0.3 is 15.0 Å². The lowest BCUT2D eigenvalue weighted by Crippen LogP contribution is -2.47. The molecule has 1 saturated heterocycles. The Kier molecular flexibility index (Phi) is 9.86. The van der Waals surface area contributed by atoms with Crippen molar-refractivity contribution in [2.24, 2.45) is 10.9 Å². The third-order valence-corrected chi connectivity index (χ3v) is 4.70. The van der Waals surface area contributed by atoms with Crippen molar-refractivity contribution in [2.45, 2.75) is 66.5 Å². The molecule has 0 aromatic carbocycles. The molecule has 0 bridgehead atoms. The number of nitrogens with one attached hydrogen (secondary N) is 1. The molecule has 1 rings (SSSR count). The van der Waals surface area contributed by atoms with Crippen molar-refractivity contribution < 1.29 is 9.53 Å². The third kappa shape index (κ3) is 7.22. The molecule has 0 unspecified atom stereocenters. The molecule has 6 nitrogen and oxygen atoms in total. The second-order valence-corrected chi connectivity index (χ2v) is 7.17. The number of ether oxygens (including phenoxy) is 1. The van der Waals surface area contributed by atoms with Gasteiger partial charge in [0.25, 0.3) is 0 Å². The Bertz CT molecular complexity index is 408. The first-order valence-corrected chi connectivity index (χ1v) is 9.86. The molecule has 1 fully saturated rings. The SMILES string of the molecule is CCNC(=NCCN(C(C)C)C(C)C)N1CCC(C(=O)OCC)CC1. The lowest BCUT2D eigenvalue weighted by molar-refractivity contribution is -0.149. The second-order valence-electron chi connectivity index (χ2n) is 7.17. The molecule has 0 aromatic heterocycles. The van der Waals surface area contributed by atoms with Crippen molar-refractivity contribution in [3.8, 4) is 0 Å². The molecule has 0 saturated carbocycles. The number of nitrogens with zero attached hydrogens (tertiary/aromatic N) is 3. The van der Waals surface area contributed by atoms with Gasteiger partial charge in [-0.05, 0) is 54.4 Å². The molecule has 1 aliphatic rings. The highest BCUT2D eigenvalue weighted by Crippen LogP contribution is 2.18. The van der Waals surface area contributed by atoms with Gasteiger partial charge >= 0.3 is 5.97 Å². The van der Waals surface area contributed by atoms with E-state index in [0.29, 0.717) is 18.7 Å². The first-order valence-electron chi connectivity index (χ1n) is 9.86. The van der Waals surface area contributed by atoms with Crippen LogP contribution in [-0.2, 0) is 9.53 Å². The van der Waals surface area contributed by atoms with E-state index >= 15 is 0 Å². The third-order valence-electron chi connectivity index (χ3n) is 4.70. The van der Waals surface area contributed by atoms with Gasteiger partial charge in [-0.2, -0.15) is 0 Å². The zero-order valence-electron chi connectivity index (χ0n) is 17.0. The van der Waals surface area contributed by atoms with Crippen molar-refractivity contribution in [3.05, 3.63) is 0 Å². The van der Waals surface area contributed by atoms with Crippen LogP contribution in [0.1, 0.15) is 54.4 Å². The molecule has 146 valence electrons. The van der Waals surface area contributed by atoms with E-state index in [4.69, 9.17) is 9.73 Å². The maximum absolute atomic E-state index is 11.9. The molecule has 1 aliphatic heterocycles. The fourth-order valence-corrected chi connectivity index (χ4v) is 3.40. The minimum atomic E-state index is -0.0476. The smallest absolute Gasteiger partial charge is 0.309 e. The van der Waals surface area contributed by atoms with Gasteiger partial charge in [0.2, 0.25) is 0 Å². The first kappa shape index (κ1) is 21.7. The van der Waals surface area contributed by atoms with Crippen LogP contribution in [0.3, 0.4) is 0 Å². The Morgan fingerprint density at radius 2 is 1.80 bits per heavy atom. The molecule has 0 aliphatic carbocycles. The summed E-state index contributed by atoms with van der Waals surface area (Å²) in [5, 5.41) is 3.39. The number of aliphatic imine (C=N–C) groups is 1. The Labute approximate surface area is 154 Å². The highest BCUT2D eigenvalue weighted by molar-refractivity contribution is 5.80. The number of likely N-dealkylation sites (tertiary alicyclic amines) is 1. The van der Waals surface area contributed by atoms with E-state index in [2.05, 4.69) is 49.7 Å². The van der Waals surface area contributed by atoms with Crippen molar-refractivity contribution in [2.75, 3.05) is 39.3 Å². The number of esters is 1. The van der Waals surface area contributed by atoms with Crippen LogP contribution < -0.4 is 5.32 Å². The van der Waals surface area contributed by atoms with Gasteiger partial charge in [0.15, 0.2) is 5.96 Å². The van der Waals surface area contributed by atoms with Crippen molar-refractivity contribution >= 4 is 11.9 Å². The maximum atomic E-state index is 11.9. The normalized spacial score (nSPS) is 16.8. The van der Waals surface area contributed by atoms with E-state index < -0.39 is 0 Å². The summed E-state index contributed by atoms with van der Waals surface area (Å²) in [6, 6.07) is 1.05. The summed E-state index contributed by atoms with van der Waals surface area (Å²) in [5.74, 6) is 0.960. The number of piperidine rings is 1. The molecular formula is C19H38N4O2. The zero-order chi connectivity index (χ0) is 18.8. The quantitative estimate of drug-likeness (QED) is 0.412. The van der Waals surface area contributed by atoms with Gasteiger partial charge in [-0.15, -0.1) is 0 Å². The van der Waals surface area contributed by atoms with Crippen molar-refractivity contribution in [1.29, 1.82) is 0 Å². The number of guanidine groups is 1. The summed E-state index contributed by atoms with van der Waals surface area (Å²) in [5.41, 5.74) is 0.